The van der Waals surface area contributed by atoms with Gasteiger partial charge in [0.2, 0.25) is 5.95 Å². The third-order valence-corrected chi connectivity index (χ3v) is 4.53. The Morgan fingerprint density at radius 3 is 2.33 bits per heavy atom. The summed E-state index contributed by atoms with van der Waals surface area (Å²) < 4.78 is 0. The van der Waals surface area contributed by atoms with E-state index >= 15 is 0 Å². The van der Waals surface area contributed by atoms with Crippen molar-refractivity contribution in [2.45, 2.75) is 31.7 Å². The predicted octanol–water partition coefficient (Wildman–Crippen LogP) is 1.22. The van der Waals surface area contributed by atoms with Crippen LogP contribution in [0.3, 0.4) is 0 Å². The molecule has 0 atom stereocenters. The second kappa shape index (κ2) is 6.39. The zero-order chi connectivity index (χ0) is 14.7. The van der Waals surface area contributed by atoms with Crippen LogP contribution in [0.5, 0.6) is 0 Å². The maximum absolute atomic E-state index is 12.4. The van der Waals surface area contributed by atoms with Crippen LogP contribution >= 0.6 is 0 Å². The zero-order valence-electron chi connectivity index (χ0n) is 12.6. The highest BCUT2D eigenvalue weighted by Crippen LogP contribution is 2.22. The molecule has 2 aliphatic rings. The van der Waals surface area contributed by atoms with Crippen LogP contribution in [0.15, 0.2) is 12.4 Å². The molecule has 2 saturated heterocycles. The van der Waals surface area contributed by atoms with Gasteiger partial charge in [-0.05, 0) is 38.8 Å². The van der Waals surface area contributed by atoms with Crippen LogP contribution in [0.2, 0.25) is 0 Å². The van der Waals surface area contributed by atoms with E-state index in [-0.39, 0.29) is 5.91 Å². The lowest BCUT2D eigenvalue weighted by molar-refractivity contribution is 0.0643. The Bertz CT molecular complexity index is 475. The van der Waals surface area contributed by atoms with Crippen LogP contribution in [-0.2, 0) is 0 Å². The SMILES string of the molecule is CNc1ncc(C(=O)N2CCC(N3CCCC3)CC2)cn1. The van der Waals surface area contributed by atoms with E-state index in [1.807, 2.05) is 4.90 Å². The molecule has 3 heterocycles. The average molecular weight is 289 g/mol. The van der Waals surface area contributed by atoms with E-state index < -0.39 is 0 Å². The Morgan fingerprint density at radius 2 is 1.76 bits per heavy atom. The van der Waals surface area contributed by atoms with E-state index in [1.165, 1.54) is 25.9 Å². The third kappa shape index (κ3) is 3.15. The van der Waals surface area contributed by atoms with Crippen LogP contribution in [0.4, 0.5) is 5.95 Å². The molecule has 1 aromatic rings. The lowest BCUT2D eigenvalue weighted by Crippen LogP contribution is -2.45. The van der Waals surface area contributed by atoms with E-state index in [0.717, 1.165) is 25.9 Å². The number of likely N-dealkylation sites (tertiary alicyclic amines) is 2. The molecule has 1 aromatic heterocycles. The summed E-state index contributed by atoms with van der Waals surface area (Å²) in [5.41, 5.74) is 0.577. The highest BCUT2D eigenvalue weighted by molar-refractivity contribution is 5.93. The summed E-state index contributed by atoms with van der Waals surface area (Å²) in [6.07, 6.45) is 8.03. The van der Waals surface area contributed by atoms with Gasteiger partial charge in [-0.25, -0.2) is 9.97 Å². The summed E-state index contributed by atoms with van der Waals surface area (Å²) in [5, 5.41) is 2.86. The summed E-state index contributed by atoms with van der Waals surface area (Å²) in [4.78, 5) is 25.2. The highest BCUT2D eigenvalue weighted by atomic mass is 16.2. The first-order valence-corrected chi connectivity index (χ1v) is 7.81. The number of hydrogen-bond acceptors (Lipinski definition) is 5. The minimum absolute atomic E-state index is 0.0533. The van der Waals surface area contributed by atoms with Crippen molar-refractivity contribution >= 4 is 11.9 Å². The Balaban J connectivity index is 1.56. The minimum atomic E-state index is 0.0533. The van der Waals surface area contributed by atoms with Crippen molar-refractivity contribution in [2.75, 3.05) is 38.5 Å². The molecular formula is C15H23N5O. The fraction of sp³-hybridized carbons (Fsp3) is 0.667. The number of rotatable bonds is 3. The number of aromatic nitrogens is 2. The molecule has 3 rings (SSSR count). The zero-order valence-corrected chi connectivity index (χ0v) is 12.6. The van der Waals surface area contributed by atoms with Crippen LogP contribution < -0.4 is 5.32 Å². The number of nitrogens with one attached hydrogen (secondary N) is 1. The first-order valence-electron chi connectivity index (χ1n) is 7.81. The molecule has 114 valence electrons. The number of piperidine rings is 1. The van der Waals surface area contributed by atoms with E-state index in [4.69, 9.17) is 0 Å². The molecule has 0 bridgehead atoms. The molecular weight excluding hydrogens is 266 g/mol. The molecule has 1 N–H and O–H groups in total. The topological polar surface area (TPSA) is 61.4 Å². The van der Waals surface area contributed by atoms with Crippen LogP contribution in [0.25, 0.3) is 0 Å². The van der Waals surface area contributed by atoms with Crippen molar-refractivity contribution in [3.8, 4) is 0 Å². The number of carbonyl (C=O) groups excluding carboxylic acids is 1. The molecule has 0 unspecified atom stereocenters. The van der Waals surface area contributed by atoms with Gasteiger partial charge in [-0.2, -0.15) is 0 Å². The van der Waals surface area contributed by atoms with Crippen molar-refractivity contribution in [1.82, 2.24) is 19.8 Å². The molecule has 6 heteroatoms. The fourth-order valence-corrected chi connectivity index (χ4v) is 3.29. The predicted molar refractivity (Wildman–Crippen MR) is 81.3 cm³/mol. The van der Waals surface area contributed by atoms with Gasteiger partial charge in [-0.15, -0.1) is 0 Å². The van der Waals surface area contributed by atoms with Gasteiger partial charge >= 0.3 is 0 Å². The van der Waals surface area contributed by atoms with Gasteiger partial charge in [0.05, 0.1) is 5.56 Å². The van der Waals surface area contributed by atoms with Crippen molar-refractivity contribution < 1.29 is 4.79 Å². The molecule has 0 aliphatic carbocycles. The van der Waals surface area contributed by atoms with Gasteiger partial charge in [-0.1, -0.05) is 0 Å². The van der Waals surface area contributed by atoms with Crippen molar-refractivity contribution in [3.05, 3.63) is 18.0 Å². The highest BCUT2D eigenvalue weighted by Gasteiger charge is 2.28. The van der Waals surface area contributed by atoms with Crippen LogP contribution in [0.1, 0.15) is 36.0 Å². The van der Waals surface area contributed by atoms with Crippen molar-refractivity contribution in [3.63, 3.8) is 0 Å². The van der Waals surface area contributed by atoms with Crippen molar-refractivity contribution in [1.29, 1.82) is 0 Å². The van der Waals surface area contributed by atoms with E-state index in [1.54, 1.807) is 19.4 Å². The summed E-state index contributed by atoms with van der Waals surface area (Å²) in [5.74, 6) is 0.594. The Kier molecular flexibility index (Phi) is 4.34. The summed E-state index contributed by atoms with van der Waals surface area (Å²) in [7, 11) is 1.76. The molecule has 0 radical (unpaired) electrons. The number of carbonyl (C=O) groups is 1. The second-order valence-corrected chi connectivity index (χ2v) is 5.81. The first kappa shape index (κ1) is 14.3. The normalized spacial score (nSPS) is 20.7. The third-order valence-electron chi connectivity index (χ3n) is 4.53. The Hall–Kier alpha value is -1.69. The number of nitrogens with zero attached hydrogens (tertiary/aromatic N) is 4. The van der Waals surface area contributed by atoms with E-state index in [0.29, 0.717) is 17.6 Å². The summed E-state index contributed by atoms with van der Waals surface area (Å²) in [6, 6.07) is 0.666. The molecule has 0 spiro atoms. The second-order valence-electron chi connectivity index (χ2n) is 5.81. The summed E-state index contributed by atoms with van der Waals surface area (Å²) in [6.45, 7) is 4.15. The maximum Gasteiger partial charge on any atom is 0.256 e. The smallest absolute Gasteiger partial charge is 0.256 e. The van der Waals surface area contributed by atoms with Gasteiger partial charge in [0.15, 0.2) is 0 Å². The molecule has 21 heavy (non-hydrogen) atoms. The van der Waals surface area contributed by atoms with Gasteiger partial charge < -0.3 is 15.1 Å². The maximum atomic E-state index is 12.4. The monoisotopic (exact) mass is 289 g/mol. The van der Waals surface area contributed by atoms with Gasteiger partial charge in [0, 0.05) is 38.6 Å². The lowest BCUT2D eigenvalue weighted by Gasteiger charge is -2.36. The summed E-state index contributed by atoms with van der Waals surface area (Å²) >= 11 is 0. The Labute approximate surface area is 125 Å². The minimum Gasteiger partial charge on any atom is -0.357 e. The quantitative estimate of drug-likeness (QED) is 0.906. The molecule has 0 aromatic carbocycles. The van der Waals surface area contributed by atoms with E-state index in [9.17, 15) is 4.79 Å². The Morgan fingerprint density at radius 1 is 1.14 bits per heavy atom. The molecule has 6 nitrogen and oxygen atoms in total. The lowest BCUT2D eigenvalue weighted by atomic mass is 10.0. The van der Waals surface area contributed by atoms with Gasteiger partial charge in [-0.3, -0.25) is 4.79 Å². The van der Waals surface area contributed by atoms with Crippen LogP contribution in [0, 0.1) is 0 Å². The standard InChI is InChI=1S/C15H23N5O/c1-16-15-17-10-12(11-18-15)14(21)20-8-4-13(5-9-20)19-6-2-3-7-19/h10-11,13H,2-9H2,1H3,(H,16,17,18). The van der Waals surface area contributed by atoms with Crippen molar-refractivity contribution in [2.24, 2.45) is 0 Å². The number of amides is 1. The average Bonchev–Trinajstić information content (AvgIpc) is 3.09. The van der Waals surface area contributed by atoms with Gasteiger partial charge in [0.1, 0.15) is 0 Å². The molecule has 0 saturated carbocycles. The first-order chi connectivity index (χ1) is 10.3. The number of anilines is 1. The molecule has 2 aliphatic heterocycles. The van der Waals surface area contributed by atoms with Crippen LogP contribution in [-0.4, -0.2) is 64.9 Å². The molecule has 1 amide bonds. The number of hydrogen-bond donors (Lipinski definition) is 1. The van der Waals surface area contributed by atoms with Gasteiger partial charge in [0.25, 0.3) is 5.91 Å². The molecule has 2 fully saturated rings. The van der Waals surface area contributed by atoms with E-state index in [2.05, 4.69) is 20.2 Å². The largest absolute Gasteiger partial charge is 0.357 e. The fourth-order valence-electron chi connectivity index (χ4n) is 3.29.